The third kappa shape index (κ3) is 5.40. The lowest BCUT2D eigenvalue weighted by molar-refractivity contribution is 0.413. The van der Waals surface area contributed by atoms with Crippen molar-refractivity contribution in [2.24, 2.45) is 17.8 Å². The first kappa shape index (κ1) is 20.6. The molecule has 0 aromatic rings. The molecule has 2 N–H and O–H groups in total. The fraction of sp³-hybridized carbons (Fsp3) is 0.583. The highest BCUT2D eigenvalue weighted by molar-refractivity contribution is 5.35. The number of hydrogen-bond acceptors (Lipinski definition) is 2. The number of allylic oxidation sites excluding steroid dienone is 7. The van der Waals surface area contributed by atoms with E-state index < -0.39 is 0 Å². The Balaban J connectivity index is 2.26. The van der Waals surface area contributed by atoms with Crippen molar-refractivity contribution in [3.63, 3.8) is 0 Å². The van der Waals surface area contributed by atoms with Crippen LogP contribution in [0.5, 0.6) is 0 Å². The van der Waals surface area contributed by atoms with E-state index in [0.29, 0.717) is 17.8 Å². The molecule has 2 nitrogen and oxygen atoms in total. The predicted octanol–water partition coefficient (Wildman–Crippen LogP) is 6.23. The second-order valence-corrected chi connectivity index (χ2v) is 8.31. The maximum absolute atomic E-state index is 4.13. The topological polar surface area (TPSA) is 24.1 Å². The van der Waals surface area contributed by atoms with Crippen LogP contribution in [0.3, 0.4) is 0 Å². The Hall–Kier alpha value is -1.70. The second kappa shape index (κ2) is 9.85. The Bertz CT molecular complexity index is 614. The Morgan fingerprint density at radius 2 is 1.88 bits per heavy atom. The third-order valence-corrected chi connectivity index (χ3v) is 5.48. The van der Waals surface area contributed by atoms with Crippen LogP contribution in [-0.2, 0) is 0 Å². The van der Waals surface area contributed by atoms with Crippen LogP contribution >= 0.6 is 0 Å². The van der Waals surface area contributed by atoms with E-state index in [2.05, 4.69) is 69.2 Å². The molecule has 0 saturated heterocycles. The van der Waals surface area contributed by atoms with Gasteiger partial charge in [0.25, 0.3) is 0 Å². The molecule has 2 aliphatic rings. The molecule has 1 unspecified atom stereocenters. The molecule has 0 aliphatic heterocycles. The molecule has 2 aliphatic carbocycles. The lowest BCUT2D eigenvalue weighted by Crippen LogP contribution is -2.31. The number of rotatable bonds is 8. The van der Waals surface area contributed by atoms with Crippen LogP contribution in [0, 0.1) is 17.8 Å². The van der Waals surface area contributed by atoms with Gasteiger partial charge in [0.2, 0.25) is 0 Å². The molecule has 1 atom stereocenters. The summed E-state index contributed by atoms with van der Waals surface area (Å²) >= 11 is 0. The van der Waals surface area contributed by atoms with Gasteiger partial charge in [-0.1, -0.05) is 58.6 Å². The van der Waals surface area contributed by atoms with Gasteiger partial charge >= 0.3 is 0 Å². The van der Waals surface area contributed by atoms with Crippen LogP contribution < -0.4 is 10.6 Å². The van der Waals surface area contributed by atoms with E-state index in [-0.39, 0.29) is 0 Å². The molecular formula is C24H38N2. The quantitative estimate of drug-likeness (QED) is 0.505. The van der Waals surface area contributed by atoms with Crippen LogP contribution in [0.25, 0.3) is 0 Å². The van der Waals surface area contributed by atoms with Gasteiger partial charge in [-0.15, -0.1) is 0 Å². The van der Waals surface area contributed by atoms with E-state index >= 15 is 0 Å². The summed E-state index contributed by atoms with van der Waals surface area (Å²) < 4.78 is 0. The molecule has 0 fully saturated rings. The number of nitrogens with one attached hydrogen (secondary N) is 2. The summed E-state index contributed by atoms with van der Waals surface area (Å²) in [6.07, 6.45) is 14.8. The third-order valence-electron chi connectivity index (χ3n) is 5.48. The van der Waals surface area contributed by atoms with Gasteiger partial charge < -0.3 is 10.6 Å². The van der Waals surface area contributed by atoms with Crippen LogP contribution in [0.4, 0.5) is 0 Å². The molecule has 26 heavy (non-hydrogen) atoms. The highest BCUT2D eigenvalue weighted by Gasteiger charge is 2.26. The van der Waals surface area contributed by atoms with E-state index in [1.807, 2.05) is 6.92 Å². The summed E-state index contributed by atoms with van der Waals surface area (Å²) in [6.45, 7) is 16.3. The maximum atomic E-state index is 4.13. The molecule has 0 bridgehead atoms. The van der Waals surface area contributed by atoms with Gasteiger partial charge in [-0.05, 0) is 62.0 Å². The molecular weight excluding hydrogens is 316 g/mol. The molecule has 0 saturated carbocycles. The molecule has 2 rings (SSSR count). The zero-order chi connectivity index (χ0) is 19.1. The van der Waals surface area contributed by atoms with Crippen molar-refractivity contribution in [2.75, 3.05) is 6.54 Å². The molecule has 0 heterocycles. The highest BCUT2D eigenvalue weighted by Crippen LogP contribution is 2.34. The summed E-state index contributed by atoms with van der Waals surface area (Å²) in [5.41, 5.74) is 6.85. The SMILES string of the molecule is C=C(/C=C\C)CNC1=C(NC2=C(C(C)C)C=CCC2C(C)C)CCCC1. The molecule has 0 spiro atoms. The van der Waals surface area contributed by atoms with Gasteiger partial charge in [-0.25, -0.2) is 0 Å². The average Bonchev–Trinajstić information content (AvgIpc) is 2.61. The van der Waals surface area contributed by atoms with Crippen molar-refractivity contribution in [2.45, 2.75) is 66.7 Å². The summed E-state index contributed by atoms with van der Waals surface area (Å²) in [5, 5.41) is 7.58. The first-order valence-corrected chi connectivity index (χ1v) is 10.4. The molecule has 144 valence electrons. The Morgan fingerprint density at radius 3 is 2.50 bits per heavy atom. The summed E-state index contributed by atoms with van der Waals surface area (Å²) in [7, 11) is 0. The first-order chi connectivity index (χ1) is 12.4. The van der Waals surface area contributed by atoms with Crippen molar-refractivity contribution < 1.29 is 0 Å². The Kier molecular flexibility index (Phi) is 7.81. The normalized spacial score (nSPS) is 21.3. The minimum absolute atomic E-state index is 0.547. The van der Waals surface area contributed by atoms with Gasteiger partial charge in [-0.3, -0.25) is 0 Å². The maximum Gasteiger partial charge on any atom is 0.0392 e. The van der Waals surface area contributed by atoms with Gasteiger partial charge in [-0.2, -0.15) is 0 Å². The largest absolute Gasteiger partial charge is 0.383 e. The fourth-order valence-electron chi connectivity index (χ4n) is 3.95. The van der Waals surface area contributed by atoms with Crippen molar-refractivity contribution in [1.82, 2.24) is 10.6 Å². The van der Waals surface area contributed by atoms with Gasteiger partial charge in [0, 0.05) is 29.6 Å². The van der Waals surface area contributed by atoms with E-state index in [1.165, 1.54) is 35.5 Å². The molecule has 0 radical (unpaired) electrons. The molecule has 0 amide bonds. The van der Waals surface area contributed by atoms with Gasteiger partial charge in [0.1, 0.15) is 0 Å². The van der Waals surface area contributed by atoms with E-state index in [0.717, 1.165) is 31.4 Å². The van der Waals surface area contributed by atoms with Crippen LogP contribution in [0.1, 0.15) is 66.7 Å². The average molecular weight is 355 g/mol. The van der Waals surface area contributed by atoms with Crippen LogP contribution in [0.2, 0.25) is 0 Å². The van der Waals surface area contributed by atoms with Crippen LogP contribution in [0.15, 0.2) is 59.1 Å². The minimum atomic E-state index is 0.547. The highest BCUT2D eigenvalue weighted by atomic mass is 15.0. The van der Waals surface area contributed by atoms with Gasteiger partial charge in [0.05, 0.1) is 0 Å². The first-order valence-electron chi connectivity index (χ1n) is 10.4. The molecule has 2 heteroatoms. The predicted molar refractivity (Wildman–Crippen MR) is 115 cm³/mol. The number of hydrogen-bond donors (Lipinski definition) is 2. The van der Waals surface area contributed by atoms with E-state index in [4.69, 9.17) is 0 Å². The van der Waals surface area contributed by atoms with Crippen molar-refractivity contribution in [3.05, 3.63) is 59.1 Å². The summed E-state index contributed by atoms with van der Waals surface area (Å²) in [5.74, 6) is 1.78. The summed E-state index contributed by atoms with van der Waals surface area (Å²) in [4.78, 5) is 0. The van der Waals surface area contributed by atoms with Gasteiger partial charge in [0.15, 0.2) is 0 Å². The smallest absolute Gasteiger partial charge is 0.0392 e. The summed E-state index contributed by atoms with van der Waals surface area (Å²) in [6, 6.07) is 0. The minimum Gasteiger partial charge on any atom is -0.383 e. The lowest BCUT2D eigenvalue weighted by Gasteiger charge is -2.33. The van der Waals surface area contributed by atoms with Crippen molar-refractivity contribution in [1.29, 1.82) is 0 Å². The zero-order valence-electron chi connectivity index (χ0n) is 17.5. The van der Waals surface area contributed by atoms with E-state index in [9.17, 15) is 0 Å². The Morgan fingerprint density at radius 1 is 1.19 bits per heavy atom. The molecule has 0 aromatic carbocycles. The standard InChI is InChI=1S/C24H38N2/c1-7-11-19(6)16-25-22-14-8-9-15-23(22)26-24-20(17(2)3)12-10-13-21(24)18(4)5/h7,10-12,17-18,21,25-26H,6,8-9,13-16H2,1-5H3/b11-7-. The zero-order valence-corrected chi connectivity index (χ0v) is 17.5. The van der Waals surface area contributed by atoms with Crippen LogP contribution in [-0.4, -0.2) is 6.54 Å². The van der Waals surface area contributed by atoms with Crippen molar-refractivity contribution in [3.8, 4) is 0 Å². The lowest BCUT2D eigenvalue weighted by atomic mass is 9.80. The van der Waals surface area contributed by atoms with Crippen molar-refractivity contribution >= 4 is 0 Å². The van der Waals surface area contributed by atoms with E-state index in [1.54, 1.807) is 0 Å². The monoisotopic (exact) mass is 354 g/mol. The fourth-order valence-corrected chi connectivity index (χ4v) is 3.95. The second-order valence-electron chi connectivity index (χ2n) is 8.31. The molecule has 0 aromatic heterocycles. The Labute approximate surface area is 161 Å².